The lowest BCUT2D eigenvalue weighted by atomic mass is 9.94. The van der Waals surface area contributed by atoms with E-state index in [1.54, 1.807) is 12.1 Å². The number of benzene rings is 4. The number of ether oxygens (including phenoxy) is 1. The number of rotatable bonds is 2. The lowest BCUT2D eigenvalue weighted by Crippen LogP contribution is -2.19. The molecule has 0 aliphatic heterocycles. The van der Waals surface area contributed by atoms with E-state index in [1.165, 1.54) is 0 Å². The van der Waals surface area contributed by atoms with Crippen LogP contribution in [0, 0.1) is 11.6 Å². The third-order valence-corrected chi connectivity index (χ3v) is 4.31. The minimum Gasteiger partial charge on any atom is -0.399 e. The molecule has 0 aliphatic rings. The van der Waals surface area contributed by atoms with Gasteiger partial charge in [0.15, 0.2) is 11.6 Å². The standard InChI is InChI=1S/C21H11F5O/c22-18-10-13(11-19(23)20(18)27-21(24,25)26)15-6-3-7-16-14-5-2-1-4-12(14)8-9-17(15)16/h1-11H. The second kappa shape index (κ2) is 6.23. The summed E-state index contributed by atoms with van der Waals surface area (Å²) in [5, 5.41) is 3.59. The van der Waals surface area contributed by atoms with Gasteiger partial charge in [-0.25, -0.2) is 8.78 Å². The molecule has 0 aromatic heterocycles. The molecule has 4 aromatic carbocycles. The van der Waals surface area contributed by atoms with Crippen molar-refractivity contribution in [2.45, 2.75) is 6.36 Å². The summed E-state index contributed by atoms with van der Waals surface area (Å²) in [6.45, 7) is 0. The Morgan fingerprint density at radius 3 is 2.04 bits per heavy atom. The molecule has 0 atom stereocenters. The minimum atomic E-state index is -5.18. The highest BCUT2D eigenvalue weighted by Gasteiger charge is 2.34. The van der Waals surface area contributed by atoms with Gasteiger partial charge in [-0.2, -0.15) is 0 Å². The number of hydrogen-bond acceptors (Lipinski definition) is 1. The van der Waals surface area contributed by atoms with Crippen molar-refractivity contribution in [1.29, 1.82) is 0 Å². The normalized spacial score (nSPS) is 11.9. The molecule has 136 valence electrons. The van der Waals surface area contributed by atoms with Gasteiger partial charge in [0.05, 0.1) is 0 Å². The first kappa shape index (κ1) is 17.3. The van der Waals surface area contributed by atoms with Gasteiger partial charge in [0.2, 0.25) is 5.75 Å². The third kappa shape index (κ3) is 3.18. The summed E-state index contributed by atoms with van der Waals surface area (Å²) in [4.78, 5) is 0. The maximum absolute atomic E-state index is 14.1. The van der Waals surface area contributed by atoms with Crippen molar-refractivity contribution in [3.8, 4) is 16.9 Å². The Morgan fingerprint density at radius 1 is 0.667 bits per heavy atom. The molecule has 6 heteroatoms. The molecule has 4 aromatic rings. The van der Waals surface area contributed by atoms with E-state index < -0.39 is 23.7 Å². The van der Waals surface area contributed by atoms with Gasteiger partial charge in [-0.15, -0.1) is 13.2 Å². The number of fused-ring (bicyclic) bond motifs is 3. The van der Waals surface area contributed by atoms with Crippen LogP contribution in [-0.2, 0) is 0 Å². The molecule has 0 saturated heterocycles. The minimum absolute atomic E-state index is 0.125. The van der Waals surface area contributed by atoms with E-state index in [-0.39, 0.29) is 5.56 Å². The monoisotopic (exact) mass is 374 g/mol. The van der Waals surface area contributed by atoms with Crippen LogP contribution in [0.1, 0.15) is 0 Å². The molecular formula is C21H11F5O. The van der Waals surface area contributed by atoms with Crippen LogP contribution >= 0.6 is 0 Å². The molecule has 0 amide bonds. The molecule has 0 N–H and O–H groups in total. The van der Waals surface area contributed by atoms with Crippen molar-refractivity contribution in [2.24, 2.45) is 0 Å². The molecule has 0 spiro atoms. The Bertz CT molecular complexity index is 1140. The predicted octanol–water partition coefficient (Wildman–Crippen LogP) is 6.84. The van der Waals surface area contributed by atoms with Gasteiger partial charge in [-0.3, -0.25) is 0 Å². The topological polar surface area (TPSA) is 9.23 Å². The van der Waals surface area contributed by atoms with Gasteiger partial charge in [0.25, 0.3) is 0 Å². The van der Waals surface area contributed by atoms with Crippen LogP contribution in [0.3, 0.4) is 0 Å². The SMILES string of the molecule is Fc1cc(-c2cccc3c2ccc2ccccc23)cc(F)c1OC(F)(F)F. The molecule has 0 fully saturated rings. The van der Waals surface area contributed by atoms with Crippen molar-refractivity contribution in [3.63, 3.8) is 0 Å². The van der Waals surface area contributed by atoms with E-state index in [2.05, 4.69) is 4.74 Å². The average molecular weight is 374 g/mol. The van der Waals surface area contributed by atoms with E-state index >= 15 is 0 Å². The Kier molecular flexibility index (Phi) is 3.98. The van der Waals surface area contributed by atoms with E-state index in [0.29, 0.717) is 5.56 Å². The Hall–Kier alpha value is -3.15. The average Bonchev–Trinajstić information content (AvgIpc) is 2.63. The van der Waals surface area contributed by atoms with Gasteiger partial charge >= 0.3 is 6.36 Å². The molecule has 0 unspecified atom stereocenters. The van der Waals surface area contributed by atoms with Crippen LogP contribution in [-0.4, -0.2) is 6.36 Å². The molecule has 0 radical (unpaired) electrons. The molecule has 4 rings (SSSR count). The quantitative estimate of drug-likeness (QED) is 0.276. The summed E-state index contributed by atoms with van der Waals surface area (Å²) >= 11 is 0. The second-order valence-corrected chi connectivity index (χ2v) is 6.00. The summed E-state index contributed by atoms with van der Waals surface area (Å²) in [6, 6.07) is 18.3. The fourth-order valence-electron chi connectivity index (χ4n) is 3.22. The fraction of sp³-hybridized carbons (Fsp3) is 0.0476. The highest BCUT2D eigenvalue weighted by Crippen LogP contribution is 2.37. The van der Waals surface area contributed by atoms with Crippen LogP contribution in [0.2, 0.25) is 0 Å². The molecule has 0 bridgehead atoms. The molecule has 27 heavy (non-hydrogen) atoms. The lowest BCUT2D eigenvalue weighted by molar-refractivity contribution is -0.276. The van der Waals surface area contributed by atoms with Crippen LogP contribution in [0.15, 0.2) is 66.7 Å². The summed E-state index contributed by atoms with van der Waals surface area (Å²) in [6.07, 6.45) is -5.18. The maximum atomic E-state index is 14.1. The maximum Gasteiger partial charge on any atom is 0.573 e. The lowest BCUT2D eigenvalue weighted by Gasteiger charge is -2.13. The fourth-order valence-corrected chi connectivity index (χ4v) is 3.22. The van der Waals surface area contributed by atoms with Crippen LogP contribution in [0.25, 0.3) is 32.7 Å². The summed E-state index contributed by atoms with van der Waals surface area (Å²) < 4.78 is 68.7. The predicted molar refractivity (Wildman–Crippen MR) is 93.5 cm³/mol. The molecular weight excluding hydrogens is 363 g/mol. The zero-order chi connectivity index (χ0) is 19.2. The van der Waals surface area contributed by atoms with E-state index in [0.717, 1.165) is 33.7 Å². The van der Waals surface area contributed by atoms with Crippen molar-refractivity contribution >= 4 is 21.5 Å². The highest BCUT2D eigenvalue weighted by molar-refractivity contribution is 6.11. The molecule has 1 nitrogen and oxygen atoms in total. The van der Waals surface area contributed by atoms with Crippen LogP contribution < -0.4 is 4.74 Å². The largest absolute Gasteiger partial charge is 0.573 e. The van der Waals surface area contributed by atoms with Gasteiger partial charge in [0.1, 0.15) is 0 Å². The Balaban J connectivity index is 1.91. The number of hydrogen-bond donors (Lipinski definition) is 0. The summed E-state index contributed by atoms with van der Waals surface area (Å²) in [5.74, 6) is -4.29. The van der Waals surface area contributed by atoms with Crippen molar-refractivity contribution in [2.75, 3.05) is 0 Å². The van der Waals surface area contributed by atoms with Gasteiger partial charge in [-0.1, -0.05) is 54.6 Å². The molecule has 0 saturated carbocycles. The van der Waals surface area contributed by atoms with Crippen LogP contribution in [0.4, 0.5) is 22.0 Å². The van der Waals surface area contributed by atoms with Crippen molar-refractivity contribution in [3.05, 3.63) is 78.4 Å². The van der Waals surface area contributed by atoms with E-state index in [9.17, 15) is 22.0 Å². The summed E-state index contributed by atoms with van der Waals surface area (Å²) in [7, 11) is 0. The van der Waals surface area contributed by atoms with E-state index in [1.807, 2.05) is 42.5 Å². The van der Waals surface area contributed by atoms with Crippen molar-refractivity contribution < 1.29 is 26.7 Å². The zero-order valence-corrected chi connectivity index (χ0v) is 13.6. The number of halogens is 5. The first-order chi connectivity index (χ1) is 12.8. The first-order valence-electron chi connectivity index (χ1n) is 7.99. The first-order valence-corrected chi connectivity index (χ1v) is 7.99. The van der Waals surface area contributed by atoms with Gasteiger partial charge in [-0.05, 0) is 44.8 Å². The van der Waals surface area contributed by atoms with Crippen LogP contribution in [0.5, 0.6) is 5.75 Å². The van der Waals surface area contributed by atoms with Gasteiger partial charge in [0, 0.05) is 0 Å². The summed E-state index contributed by atoms with van der Waals surface area (Å²) in [5.41, 5.74) is 0.634. The van der Waals surface area contributed by atoms with Gasteiger partial charge < -0.3 is 4.74 Å². The smallest absolute Gasteiger partial charge is 0.399 e. The molecule has 0 aliphatic carbocycles. The number of alkyl halides is 3. The zero-order valence-electron chi connectivity index (χ0n) is 13.6. The van der Waals surface area contributed by atoms with Crippen molar-refractivity contribution in [1.82, 2.24) is 0 Å². The van der Waals surface area contributed by atoms with E-state index in [4.69, 9.17) is 0 Å². The molecule has 0 heterocycles. The Morgan fingerprint density at radius 2 is 1.33 bits per heavy atom. The second-order valence-electron chi connectivity index (χ2n) is 6.00. The highest BCUT2D eigenvalue weighted by atomic mass is 19.4. The Labute approximate surface area is 150 Å². The third-order valence-electron chi connectivity index (χ3n) is 4.31.